The van der Waals surface area contributed by atoms with Crippen LogP contribution in [-0.4, -0.2) is 21.5 Å². The molecule has 0 atom stereocenters. The predicted molar refractivity (Wildman–Crippen MR) is 73.4 cm³/mol. The molecule has 100 valence electrons. The normalized spacial score (nSPS) is 10.3. The van der Waals surface area contributed by atoms with E-state index in [2.05, 4.69) is 25.6 Å². The summed E-state index contributed by atoms with van der Waals surface area (Å²) in [4.78, 5) is 12.0. The zero-order valence-corrected chi connectivity index (χ0v) is 11.3. The van der Waals surface area contributed by atoms with E-state index in [1.165, 1.54) is 12.1 Å². The van der Waals surface area contributed by atoms with Crippen molar-refractivity contribution < 1.29 is 4.39 Å². The lowest BCUT2D eigenvalue weighted by molar-refractivity contribution is 0.628. The molecule has 0 bridgehead atoms. The molecule has 0 aliphatic carbocycles. The highest BCUT2D eigenvalue weighted by molar-refractivity contribution is 6.28. The van der Waals surface area contributed by atoms with Crippen molar-refractivity contribution >= 4 is 29.2 Å². The molecule has 2 aromatic rings. The van der Waals surface area contributed by atoms with Gasteiger partial charge < -0.3 is 10.6 Å². The molecule has 2 rings (SSSR count). The highest BCUT2D eigenvalue weighted by Gasteiger charge is 2.07. The highest BCUT2D eigenvalue weighted by Crippen LogP contribution is 2.20. The first-order valence-electron chi connectivity index (χ1n) is 5.77. The summed E-state index contributed by atoms with van der Waals surface area (Å²) in [5, 5.41) is 5.94. The van der Waals surface area contributed by atoms with Gasteiger partial charge in [-0.05, 0) is 43.1 Å². The highest BCUT2D eigenvalue weighted by atomic mass is 35.5. The summed E-state index contributed by atoms with van der Waals surface area (Å²) in [7, 11) is 0. The smallest absolute Gasteiger partial charge is 0.233 e. The zero-order valence-electron chi connectivity index (χ0n) is 10.5. The van der Waals surface area contributed by atoms with Crippen LogP contribution in [0.25, 0.3) is 0 Å². The number of rotatable bonds is 4. The van der Waals surface area contributed by atoms with Crippen LogP contribution in [0.5, 0.6) is 0 Å². The quantitative estimate of drug-likeness (QED) is 0.901. The number of nitrogens with one attached hydrogen (secondary N) is 2. The second kappa shape index (κ2) is 5.79. The van der Waals surface area contributed by atoms with Gasteiger partial charge in [-0.25, -0.2) is 4.39 Å². The largest absolute Gasteiger partial charge is 0.354 e. The van der Waals surface area contributed by atoms with Gasteiger partial charge in [-0.2, -0.15) is 15.0 Å². The van der Waals surface area contributed by atoms with Gasteiger partial charge in [0, 0.05) is 12.2 Å². The second-order valence-electron chi connectivity index (χ2n) is 3.87. The van der Waals surface area contributed by atoms with Gasteiger partial charge in [-0.15, -0.1) is 0 Å². The molecule has 1 aromatic heterocycles. The zero-order chi connectivity index (χ0) is 13.8. The van der Waals surface area contributed by atoms with Crippen molar-refractivity contribution in [2.45, 2.75) is 13.8 Å². The Bertz CT molecular complexity index is 590. The summed E-state index contributed by atoms with van der Waals surface area (Å²) >= 11 is 5.81. The van der Waals surface area contributed by atoms with Crippen molar-refractivity contribution in [3.8, 4) is 0 Å². The molecule has 7 heteroatoms. The van der Waals surface area contributed by atoms with Crippen molar-refractivity contribution in [3.63, 3.8) is 0 Å². The van der Waals surface area contributed by atoms with Crippen LogP contribution >= 0.6 is 11.6 Å². The average Bonchev–Trinajstić information content (AvgIpc) is 2.33. The fourth-order valence-electron chi connectivity index (χ4n) is 1.49. The molecule has 0 saturated carbocycles. The third kappa shape index (κ3) is 3.51. The van der Waals surface area contributed by atoms with Gasteiger partial charge in [-0.3, -0.25) is 0 Å². The fraction of sp³-hybridized carbons (Fsp3) is 0.250. The van der Waals surface area contributed by atoms with E-state index in [1.54, 1.807) is 6.07 Å². The maximum atomic E-state index is 13.2. The first-order valence-corrected chi connectivity index (χ1v) is 6.15. The summed E-state index contributed by atoms with van der Waals surface area (Å²) in [5.74, 6) is 0.309. The SMILES string of the molecule is CCNc1nc(Cl)nc(Nc2cc(F)ccc2C)n1. The molecule has 0 aliphatic rings. The summed E-state index contributed by atoms with van der Waals surface area (Å²) < 4.78 is 13.2. The van der Waals surface area contributed by atoms with E-state index < -0.39 is 0 Å². The van der Waals surface area contributed by atoms with E-state index in [4.69, 9.17) is 11.6 Å². The molecular formula is C12H13ClFN5. The topological polar surface area (TPSA) is 62.7 Å². The molecule has 0 radical (unpaired) electrons. The maximum Gasteiger partial charge on any atom is 0.233 e. The first kappa shape index (κ1) is 13.5. The maximum absolute atomic E-state index is 13.2. The van der Waals surface area contributed by atoms with Gasteiger partial charge in [0.05, 0.1) is 0 Å². The minimum absolute atomic E-state index is 0.0718. The Morgan fingerprint density at radius 2 is 1.95 bits per heavy atom. The van der Waals surface area contributed by atoms with Crippen LogP contribution in [0.3, 0.4) is 0 Å². The summed E-state index contributed by atoms with van der Waals surface area (Å²) in [5.41, 5.74) is 1.47. The molecule has 0 spiro atoms. The van der Waals surface area contributed by atoms with Crippen LogP contribution in [0.1, 0.15) is 12.5 Å². The molecule has 0 aliphatic heterocycles. The van der Waals surface area contributed by atoms with E-state index in [9.17, 15) is 4.39 Å². The number of aryl methyl sites for hydroxylation is 1. The molecule has 5 nitrogen and oxygen atoms in total. The van der Waals surface area contributed by atoms with E-state index in [1.807, 2.05) is 13.8 Å². The molecule has 2 N–H and O–H groups in total. The van der Waals surface area contributed by atoms with Crippen molar-refractivity contribution in [1.82, 2.24) is 15.0 Å². The standard InChI is InChI=1S/C12H13ClFN5/c1-3-15-11-17-10(13)18-12(19-11)16-9-6-8(14)5-4-7(9)2/h4-6H,3H2,1-2H3,(H2,15,16,17,18,19). The molecule has 0 saturated heterocycles. The molecule has 19 heavy (non-hydrogen) atoms. The van der Waals surface area contributed by atoms with Crippen molar-refractivity contribution in [1.29, 1.82) is 0 Å². The van der Waals surface area contributed by atoms with E-state index in [0.717, 1.165) is 5.56 Å². The Balaban J connectivity index is 2.29. The van der Waals surface area contributed by atoms with E-state index in [0.29, 0.717) is 18.2 Å². The second-order valence-corrected chi connectivity index (χ2v) is 4.20. The summed E-state index contributed by atoms with van der Waals surface area (Å²) in [6.07, 6.45) is 0. The lowest BCUT2D eigenvalue weighted by atomic mass is 10.2. The molecular weight excluding hydrogens is 269 g/mol. The van der Waals surface area contributed by atoms with E-state index >= 15 is 0 Å². The Labute approximate surface area is 115 Å². The van der Waals surface area contributed by atoms with Crippen LogP contribution in [0.2, 0.25) is 5.28 Å². The van der Waals surface area contributed by atoms with Crippen molar-refractivity contribution in [2.75, 3.05) is 17.2 Å². The fourth-order valence-corrected chi connectivity index (χ4v) is 1.65. The van der Waals surface area contributed by atoms with E-state index in [-0.39, 0.29) is 17.0 Å². The average molecular weight is 282 g/mol. The predicted octanol–water partition coefficient (Wildman–Crippen LogP) is 3.15. The number of hydrogen-bond acceptors (Lipinski definition) is 5. The van der Waals surface area contributed by atoms with Gasteiger partial charge in [0.15, 0.2) is 0 Å². The summed E-state index contributed by atoms with van der Waals surface area (Å²) in [6.45, 7) is 4.44. The Morgan fingerprint density at radius 3 is 2.68 bits per heavy atom. The number of benzene rings is 1. The van der Waals surface area contributed by atoms with Crippen LogP contribution in [-0.2, 0) is 0 Å². The van der Waals surface area contributed by atoms with Gasteiger partial charge >= 0.3 is 0 Å². The van der Waals surface area contributed by atoms with Crippen molar-refractivity contribution in [3.05, 3.63) is 34.9 Å². The molecule has 0 fully saturated rings. The van der Waals surface area contributed by atoms with Gasteiger partial charge in [0.25, 0.3) is 0 Å². The van der Waals surface area contributed by atoms with Crippen LogP contribution < -0.4 is 10.6 Å². The molecule has 0 amide bonds. The number of nitrogens with zero attached hydrogens (tertiary/aromatic N) is 3. The number of halogens is 2. The third-order valence-corrected chi connectivity index (χ3v) is 2.56. The van der Waals surface area contributed by atoms with Gasteiger partial charge in [0.2, 0.25) is 17.2 Å². The Hall–Kier alpha value is -1.95. The minimum Gasteiger partial charge on any atom is -0.354 e. The monoisotopic (exact) mass is 281 g/mol. The van der Waals surface area contributed by atoms with Gasteiger partial charge in [0.1, 0.15) is 5.82 Å². The van der Waals surface area contributed by atoms with Crippen molar-refractivity contribution in [2.24, 2.45) is 0 Å². The number of anilines is 3. The lowest BCUT2D eigenvalue weighted by Gasteiger charge is -2.09. The first-order chi connectivity index (χ1) is 9.08. The van der Waals surface area contributed by atoms with Crippen LogP contribution in [0, 0.1) is 12.7 Å². The minimum atomic E-state index is -0.333. The summed E-state index contributed by atoms with van der Waals surface area (Å²) in [6, 6.07) is 4.44. The Kier molecular flexibility index (Phi) is 4.11. The third-order valence-electron chi connectivity index (χ3n) is 2.39. The molecule has 1 heterocycles. The lowest BCUT2D eigenvalue weighted by Crippen LogP contribution is -2.07. The number of aromatic nitrogens is 3. The molecule has 1 aromatic carbocycles. The Morgan fingerprint density at radius 1 is 1.21 bits per heavy atom. The molecule has 0 unspecified atom stereocenters. The van der Waals surface area contributed by atoms with Crippen LogP contribution in [0.15, 0.2) is 18.2 Å². The number of hydrogen-bond donors (Lipinski definition) is 2. The van der Waals surface area contributed by atoms with Gasteiger partial charge in [-0.1, -0.05) is 6.07 Å². The van der Waals surface area contributed by atoms with Crippen LogP contribution in [0.4, 0.5) is 22.0 Å².